The average Bonchev–Trinajstić information content (AvgIpc) is 2.93. The van der Waals surface area contributed by atoms with Crippen LogP contribution in [0.15, 0.2) is 66.9 Å². The van der Waals surface area contributed by atoms with Crippen molar-refractivity contribution in [3.63, 3.8) is 0 Å². The van der Waals surface area contributed by atoms with Crippen LogP contribution in [0.4, 0.5) is 18.9 Å². The summed E-state index contributed by atoms with van der Waals surface area (Å²) in [6, 6.07) is 14.3. The van der Waals surface area contributed by atoms with E-state index < -0.39 is 29.6 Å². The minimum atomic E-state index is -4.72. The van der Waals surface area contributed by atoms with E-state index in [0.29, 0.717) is 18.8 Å². The minimum Gasteiger partial charge on any atom is -0.478 e. The molecular weight excluding hydrogens is 525 g/mol. The van der Waals surface area contributed by atoms with Crippen molar-refractivity contribution in [3.05, 3.63) is 83.6 Å². The van der Waals surface area contributed by atoms with Crippen molar-refractivity contribution in [3.8, 4) is 11.6 Å². The highest BCUT2D eigenvalue weighted by Crippen LogP contribution is 2.40. The number of aromatic nitrogens is 1. The summed E-state index contributed by atoms with van der Waals surface area (Å²) >= 11 is 0. The van der Waals surface area contributed by atoms with E-state index in [4.69, 9.17) is 9.47 Å². The molecule has 10 heteroatoms. The number of rotatable bonds is 9. The lowest BCUT2D eigenvalue weighted by Crippen LogP contribution is -2.42. The SMILES string of the molecule is COC[C@@H](c1ccccc1)N(C(=O)C1CCC(C)CC1)c1ccc(Oc2ncccc2C(F)(F)F)cc1C(=O)O. The van der Waals surface area contributed by atoms with Gasteiger partial charge < -0.3 is 19.5 Å². The summed E-state index contributed by atoms with van der Waals surface area (Å²) in [5.41, 5.74) is -0.534. The van der Waals surface area contributed by atoms with E-state index in [9.17, 15) is 27.9 Å². The molecule has 1 atom stereocenters. The number of alkyl halides is 3. The van der Waals surface area contributed by atoms with Gasteiger partial charge in [0.2, 0.25) is 11.8 Å². The highest BCUT2D eigenvalue weighted by atomic mass is 19.4. The molecule has 1 aromatic heterocycles. The quantitative estimate of drug-likeness (QED) is 0.301. The lowest BCUT2D eigenvalue weighted by molar-refractivity contribution is -0.138. The monoisotopic (exact) mass is 556 g/mol. The van der Waals surface area contributed by atoms with Crippen molar-refractivity contribution in [1.82, 2.24) is 4.98 Å². The Kier molecular flexibility index (Phi) is 9.09. The summed E-state index contributed by atoms with van der Waals surface area (Å²) in [5.74, 6) is -2.26. The Bertz CT molecular complexity index is 1320. The highest BCUT2D eigenvalue weighted by molar-refractivity contribution is 6.03. The number of ether oxygens (including phenoxy) is 2. The van der Waals surface area contributed by atoms with Crippen LogP contribution in [0.1, 0.15) is 60.1 Å². The molecule has 1 N–H and O–H groups in total. The van der Waals surface area contributed by atoms with Crippen molar-refractivity contribution in [2.75, 3.05) is 18.6 Å². The second-order valence-electron chi connectivity index (χ2n) is 9.99. The van der Waals surface area contributed by atoms with Crippen molar-refractivity contribution < 1.29 is 37.3 Å². The number of carboxylic acids is 1. The summed E-state index contributed by atoms with van der Waals surface area (Å²) in [5, 5.41) is 10.2. The van der Waals surface area contributed by atoms with Crippen LogP contribution in [-0.4, -0.2) is 35.7 Å². The molecule has 1 heterocycles. The smallest absolute Gasteiger partial charge is 0.421 e. The second-order valence-corrected chi connectivity index (χ2v) is 9.99. The molecule has 3 aromatic rings. The first-order valence-electron chi connectivity index (χ1n) is 13.0. The molecule has 0 saturated heterocycles. The fraction of sp³-hybridized carbons (Fsp3) is 0.367. The zero-order chi connectivity index (χ0) is 28.9. The van der Waals surface area contributed by atoms with E-state index in [1.807, 2.05) is 30.3 Å². The van der Waals surface area contributed by atoms with Gasteiger partial charge in [0, 0.05) is 19.2 Å². The number of benzene rings is 2. The van der Waals surface area contributed by atoms with Crippen LogP contribution in [0.2, 0.25) is 0 Å². The normalized spacial score (nSPS) is 18.1. The Labute approximate surface area is 230 Å². The third kappa shape index (κ3) is 6.62. The first-order valence-corrected chi connectivity index (χ1v) is 13.0. The number of aromatic carboxylic acids is 1. The summed E-state index contributed by atoms with van der Waals surface area (Å²) in [7, 11) is 1.50. The predicted octanol–water partition coefficient (Wildman–Crippen LogP) is 7.14. The molecule has 1 saturated carbocycles. The summed E-state index contributed by atoms with van der Waals surface area (Å²) < 4.78 is 51.3. The minimum absolute atomic E-state index is 0.0963. The van der Waals surface area contributed by atoms with Crippen molar-refractivity contribution in [1.29, 1.82) is 0 Å². The van der Waals surface area contributed by atoms with Gasteiger partial charge in [0.15, 0.2) is 0 Å². The molecule has 1 fully saturated rings. The molecule has 4 rings (SSSR count). The molecule has 1 amide bonds. The van der Waals surface area contributed by atoms with E-state index in [2.05, 4.69) is 11.9 Å². The number of methoxy groups -OCH3 is 1. The van der Waals surface area contributed by atoms with Crippen LogP contribution in [0.3, 0.4) is 0 Å². The number of halogens is 3. The van der Waals surface area contributed by atoms with Crippen LogP contribution in [0, 0.1) is 11.8 Å². The number of carbonyl (C=O) groups is 2. The molecule has 2 aromatic carbocycles. The Morgan fingerprint density at radius 2 is 1.75 bits per heavy atom. The molecule has 0 unspecified atom stereocenters. The second kappa shape index (κ2) is 12.5. The average molecular weight is 557 g/mol. The number of carboxylic acid groups (broad SMARTS) is 1. The predicted molar refractivity (Wildman–Crippen MR) is 142 cm³/mol. The summed E-state index contributed by atoms with van der Waals surface area (Å²) in [4.78, 5) is 31.8. The molecule has 0 aliphatic heterocycles. The standard InChI is InChI=1S/C30H31F3N2O5/c1-19-10-12-21(13-11-19)28(36)35(26(18-39-2)20-7-4-3-5-8-20)25-15-14-22(17-23(25)29(37)38)40-27-24(30(31,32)33)9-6-16-34-27/h3-9,14-17,19,21,26H,10-13,18H2,1-2H3,(H,37,38)/t19?,21?,26-/m0/s1. The molecule has 7 nitrogen and oxygen atoms in total. The van der Waals surface area contributed by atoms with E-state index in [0.717, 1.165) is 42.8 Å². The zero-order valence-corrected chi connectivity index (χ0v) is 22.2. The van der Waals surface area contributed by atoms with Gasteiger partial charge in [0.05, 0.1) is 23.9 Å². The maximum absolute atomic E-state index is 14.1. The van der Waals surface area contributed by atoms with Gasteiger partial charge >= 0.3 is 12.1 Å². The zero-order valence-electron chi connectivity index (χ0n) is 22.2. The van der Waals surface area contributed by atoms with Gasteiger partial charge in [-0.15, -0.1) is 0 Å². The number of hydrogen-bond acceptors (Lipinski definition) is 5. The molecule has 0 radical (unpaired) electrons. The van der Waals surface area contributed by atoms with Gasteiger partial charge in [-0.2, -0.15) is 13.2 Å². The number of anilines is 1. The Morgan fingerprint density at radius 3 is 2.38 bits per heavy atom. The number of pyridine rings is 1. The van der Waals surface area contributed by atoms with Gasteiger partial charge in [-0.3, -0.25) is 4.79 Å². The van der Waals surface area contributed by atoms with E-state index >= 15 is 0 Å². The molecule has 212 valence electrons. The molecule has 0 bridgehead atoms. The number of amides is 1. The van der Waals surface area contributed by atoms with Crippen LogP contribution in [-0.2, 0) is 15.7 Å². The van der Waals surface area contributed by atoms with Gasteiger partial charge in [0.25, 0.3) is 0 Å². The third-order valence-corrected chi connectivity index (χ3v) is 7.17. The first-order chi connectivity index (χ1) is 19.1. The third-order valence-electron chi connectivity index (χ3n) is 7.17. The van der Waals surface area contributed by atoms with Gasteiger partial charge in [0.1, 0.15) is 11.3 Å². The molecule has 40 heavy (non-hydrogen) atoms. The Balaban J connectivity index is 1.80. The first kappa shape index (κ1) is 29.1. The fourth-order valence-electron chi connectivity index (χ4n) is 5.06. The fourth-order valence-corrected chi connectivity index (χ4v) is 5.06. The number of carbonyl (C=O) groups excluding carboxylic acids is 1. The van der Waals surface area contributed by atoms with Gasteiger partial charge in [-0.25, -0.2) is 9.78 Å². The topological polar surface area (TPSA) is 89.0 Å². The van der Waals surface area contributed by atoms with Crippen molar-refractivity contribution in [2.45, 2.75) is 44.8 Å². The van der Waals surface area contributed by atoms with Crippen LogP contribution >= 0.6 is 0 Å². The summed E-state index contributed by atoms with van der Waals surface area (Å²) in [6.45, 7) is 2.24. The van der Waals surface area contributed by atoms with Crippen LogP contribution in [0.5, 0.6) is 11.6 Å². The van der Waals surface area contributed by atoms with E-state index in [-0.39, 0.29) is 35.4 Å². The maximum Gasteiger partial charge on any atom is 0.421 e. The lowest BCUT2D eigenvalue weighted by Gasteiger charge is -2.37. The molecule has 1 aliphatic carbocycles. The van der Waals surface area contributed by atoms with Crippen molar-refractivity contribution in [2.24, 2.45) is 11.8 Å². The van der Waals surface area contributed by atoms with E-state index in [1.165, 1.54) is 24.1 Å². The largest absolute Gasteiger partial charge is 0.478 e. The van der Waals surface area contributed by atoms with Crippen LogP contribution in [0.25, 0.3) is 0 Å². The highest BCUT2D eigenvalue weighted by Gasteiger charge is 2.37. The van der Waals surface area contributed by atoms with Crippen LogP contribution < -0.4 is 9.64 Å². The van der Waals surface area contributed by atoms with Crippen molar-refractivity contribution >= 4 is 17.6 Å². The molecule has 1 aliphatic rings. The number of hydrogen-bond donors (Lipinski definition) is 1. The molecule has 0 spiro atoms. The Hall–Kier alpha value is -3.92. The lowest BCUT2D eigenvalue weighted by atomic mass is 9.82. The maximum atomic E-state index is 14.1. The van der Waals surface area contributed by atoms with E-state index in [1.54, 1.807) is 0 Å². The molecular formula is C30H31F3N2O5. The number of nitrogens with zero attached hydrogens (tertiary/aromatic N) is 2. The summed E-state index contributed by atoms with van der Waals surface area (Å²) in [6.07, 6.45) is -0.451. The van der Waals surface area contributed by atoms with Gasteiger partial charge in [-0.1, -0.05) is 37.3 Å². The Morgan fingerprint density at radius 1 is 1.05 bits per heavy atom. The van der Waals surface area contributed by atoms with Gasteiger partial charge in [-0.05, 0) is 67.5 Å².